The summed E-state index contributed by atoms with van der Waals surface area (Å²) in [6.45, 7) is 8.15. The highest BCUT2D eigenvalue weighted by atomic mass is 35.5. The Balaban J connectivity index is 1.99. The number of halogens is 2. The van der Waals surface area contributed by atoms with Crippen molar-refractivity contribution in [3.63, 3.8) is 0 Å². The second-order valence-electron chi connectivity index (χ2n) is 9.23. The highest BCUT2D eigenvalue weighted by Gasteiger charge is 2.31. The Morgan fingerprint density at radius 1 is 0.829 bits per heavy atom. The Morgan fingerprint density at radius 2 is 1.51 bits per heavy atom. The molecule has 1 atom stereocenters. The number of carbonyl (C=O) groups excluding carboxylic acids is 2. The van der Waals surface area contributed by atoms with Gasteiger partial charge in [-0.05, 0) is 67.6 Å². The van der Waals surface area contributed by atoms with Crippen LogP contribution < -0.4 is 5.32 Å². The summed E-state index contributed by atoms with van der Waals surface area (Å²) in [5.41, 5.74) is 5.01. The van der Waals surface area contributed by atoms with Gasteiger partial charge in [0.25, 0.3) is 0 Å². The van der Waals surface area contributed by atoms with Gasteiger partial charge in [-0.3, -0.25) is 9.59 Å². The molecule has 0 saturated heterocycles. The second-order valence-corrected chi connectivity index (χ2v) is 10.0. The maximum absolute atomic E-state index is 13.8. The summed E-state index contributed by atoms with van der Waals surface area (Å²) in [5, 5.41) is 3.87. The van der Waals surface area contributed by atoms with E-state index in [-0.39, 0.29) is 30.8 Å². The molecule has 0 heterocycles. The van der Waals surface area contributed by atoms with Crippen LogP contribution in [0.1, 0.15) is 41.7 Å². The minimum absolute atomic E-state index is 0.0533. The van der Waals surface area contributed by atoms with Crippen molar-refractivity contribution in [1.29, 1.82) is 0 Å². The third-order valence-electron chi connectivity index (χ3n) is 5.97. The molecule has 1 N–H and O–H groups in total. The lowest BCUT2D eigenvalue weighted by molar-refractivity contribution is -0.141. The van der Waals surface area contributed by atoms with Crippen LogP contribution in [0.2, 0.25) is 10.0 Å². The molecule has 35 heavy (non-hydrogen) atoms. The fraction of sp³-hybridized carbons (Fsp3) is 0.310. The predicted molar refractivity (Wildman–Crippen MR) is 144 cm³/mol. The van der Waals surface area contributed by atoms with E-state index in [4.69, 9.17) is 23.2 Å². The van der Waals surface area contributed by atoms with Gasteiger partial charge in [0.1, 0.15) is 6.04 Å². The first-order chi connectivity index (χ1) is 16.6. The van der Waals surface area contributed by atoms with Crippen molar-refractivity contribution in [2.24, 2.45) is 0 Å². The molecule has 3 aromatic carbocycles. The highest BCUT2D eigenvalue weighted by molar-refractivity contribution is 6.42. The van der Waals surface area contributed by atoms with E-state index in [0.717, 1.165) is 22.3 Å². The first-order valence-corrected chi connectivity index (χ1v) is 12.5. The summed E-state index contributed by atoms with van der Waals surface area (Å²) < 4.78 is 0. The molecule has 3 rings (SSSR count). The molecule has 6 heteroatoms. The average molecular weight is 511 g/mol. The number of aryl methyl sites for hydroxylation is 2. The Morgan fingerprint density at radius 3 is 2.14 bits per heavy atom. The maximum atomic E-state index is 13.8. The summed E-state index contributed by atoms with van der Waals surface area (Å²) in [7, 11) is 0. The van der Waals surface area contributed by atoms with E-state index in [2.05, 4.69) is 5.32 Å². The summed E-state index contributed by atoms with van der Waals surface area (Å²) in [5.74, 6) is -0.309. The van der Waals surface area contributed by atoms with Crippen LogP contribution in [-0.4, -0.2) is 28.8 Å². The third-order valence-corrected chi connectivity index (χ3v) is 6.70. The zero-order valence-electron chi connectivity index (χ0n) is 20.6. The Bertz CT molecular complexity index is 1180. The number of hydrogen-bond acceptors (Lipinski definition) is 2. The standard InChI is InChI=1S/C29H32Cl2N2O2/c1-19(2)32-29(35)27(16-22-8-6-5-7-9-22)33(18-24-12-13-25(30)26(31)15-24)28(34)17-23-11-10-20(3)21(4)14-23/h5-15,19,27H,16-18H2,1-4H3,(H,32,35). The van der Waals surface area contributed by atoms with E-state index in [9.17, 15) is 9.59 Å². The van der Waals surface area contributed by atoms with E-state index < -0.39 is 6.04 Å². The lowest BCUT2D eigenvalue weighted by Crippen LogP contribution is -2.52. The van der Waals surface area contributed by atoms with Crippen molar-refractivity contribution in [2.75, 3.05) is 0 Å². The van der Waals surface area contributed by atoms with Gasteiger partial charge in [-0.25, -0.2) is 0 Å². The number of nitrogens with one attached hydrogen (secondary N) is 1. The van der Waals surface area contributed by atoms with Crippen LogP contribution >= 0.6 is 23.2 Å². The molecule has 0 fully saturated rings. The molecule has 0 aromatic heterocycles. The summed E-state index contributed by atoms with van der Waals surface area (Å²) in [6.07, 6.45) is 0.599. The first-order valence-electron chi connectivity index (χ1n) is 11.8. The van der Waals surface area contributed by atoms with Crippen LogP contribution in [0.3, 0.4) is 0 Å². The molecule has 0 radical (unpaired) electrons. The van der Waals surface area contributed by atoms with Gasteiger partial charge in [-0.15, -0.1) is 0 Å². The number of amides is 2. The predicted octanol–water partition coefficient (Wildman–Crippen LogP) is 6.32. The van der Waals surface area contributed by atoms with Gasteiger partial charge in [0.05, 0.1) is 16.5 Å². The van der Waals surface area contributed by atoms with E-state index in [1.54, 1.807) is 17.0 Å². The van der Waals surface area contributed by atoms with Gasteiger partial charge >= 0.3 is 0 Å². The number of hydrogen-bond donors (Lipinski definition) is 1. The highest BCUT2D eigenvalue weighted by Crippen LogP contribution is 2.25. The molecule has 1 unspecified atom stereocenters. The van der Waals surface area contributed by atoms with Gasteiger partial charge in [-0.1, -0.05) is 77.8 Å². The maximum Gasteiger partial charge on any atom is 0.243 e. The van der Waals surface area contributed by atoms with Crippen molar-refractivity contribution in [2.45, 2.75) is 59.2 Å². The second kappa shape index (κ2) is 12.2. The van der Waals surface area contributed by atoms with Crippen LogP contribution in [0.25, 0.3) is 0 Å². The Labute approximate surface area is 218 Å². The SMILES string of the molecule is Cc1ccc(CC(=O)N(Cc2ccc(Cl)c(Cl)c2)C(Cc2ccccc2)C(=O)NC(C)C)cc1C. The lowest BCUT2D eigenvalue weighted by Gasteiger charge is -2.32. The lowest BCUT2D eigenvalue weighted by atomic mass is 10.00. The van der Waals surface area contributed by atoms with Gasteiger partial charge in [-0.2, -0.15) is 0 Å². The molecule has 0 spiro atoms. The number of nitrogens with zero attached hydrogens (tertiary/aromatic N) is 1. The van der Waals surface area contributed by atoms with E-state index in [1.165, 1.54) is 5.56 Å². The summed E-state index contributed by atoms with van der Waals surface area (Å²) in [4.78, 5) is 28.9. The quantitative estimate of drug-likeness (QED) is 0.366. The van der Waals surface area contributed by atoms with Crippen molar-refractivity contribution in [3.05, 3.63) is 105 Å². The van der Waals surface area contributed by atoms with Crippen LogP contribution in [-0.2, 0) is 29.0 Å². The van der Waals surface area contributed by atoms with Gasteiger partial charge < -0.3 is 10.2 Å². The summed E-state index contributed by atoms with van der Waals surface area (Å²) in [6, 6.07) is 20.3. The smallest absolute Gasteiger partial charge is 0.243 e. The van der Waals surface area contributed by atoms with E-state index in [0.29, 0.717) is 16.5 Å². The molecular weight excluding hydrogens is 479 g/mol. The van der Waals surface area contributed by atoms with Crippen LogP contribution in [0.4, 0.5) is 0 Å². The van der Waals surface area contributed by atoms with Crippen LogP contribution in [0.15, 0.2) is 66.7 Å². The molecular formula is C29H32Cl2N2O2. The van der Waals surface area contributed by atoms with Crippen molar-refractivity contribution < 1.29 is 9.59 Å². The molecule has 2 amide bonds. The van der Waals surface area contributed by atoms with Crippen LogP contribution in [0, 0.1) is 13.8 Å². The third kappa shape index (κ3) is 7.58. The topological polar surface area (TPSA) is 49.4 Å². The minimum Gasteiger partial charge on any atom is -0.352 e. The van der Waals surface area contributed by atoms with E-state index in [1.807, 2.05) is 82.3 Å². The number of rotatable bonds is 9. The molecule has 0 aliphatic rings. The minimum atomic E-state index is -0.687. The van der Waals surface area contributed by atoms with Crippen LogP contribution in [0.5, 0.6) is 0 Å². The van der Waals surface area contributed by atoms with Gasteiger partial charge in [0.15, 0.2) is 0 Å². The molecule has 4 nitrogen and oxygen atoms in total. The normalized spacial score (nSPS) is 11.9. The number of benzene rings is 3. The Hall–Kier alpha value is -2.82. The average Bonchev–Trinajstić information content (AvgIpc) is 2.81. The first kappa shape index (κ1) is 26.8. The monoisotopic (exact) mass is 510 g/mol. The zero-order valence-corrected chi connectivity index (χ0v) is 22.2. The zero-order chi connectivity index (χ0) is 25.5. The molecule has 0 saturated carbocycles. The molecule has 0 aliphatic heterocycles. The van der Waals surface area contributed by atoms with Crippen molar-refractivity contribution in [3.8, 4) is 0 Å². The molecule has 184 valence electrons. The van der Waals surface area contributed by atoms with Gasteiger partial charge in [0.2, 0.25) is 11.8 Å². The molecule has 0 aliphatic carbocycles. The Kier molecular flexibility index (Phi) is 9.36. The van der Waals surface area contributed by atoms with Crippen molar-refractivity contribution >= 4 is 35.0 Å². The van der Waals surface area contributed by atoms with E-state index >= 15 is 0 Å². The van der Waals surface area contributed by atoms with Crippen molar-refractivity contribution in [1.82, 2.24) is 10.2 Å². The summed E-state index contributed by atoms with van der Waals surface area (Å²) >= 11 is 12.4. The largest absolute Gasteiger partial charge is 0.352 e. The fourth-order valence-electron chi connectivity index (χ4n) is 3.96. The molecule has 0 bridgehead atoms. The molecule has 3 aromatic rings. The van der Waals surface area contributed by atoms with Gasteiger partial charge in [0, 0.05) is 19.0 Å². The fourth-order valence-corrected chi connectivity index (χ4v) is 4.28. The number of carbonyl (C=O) groups is 2.